The van der Waals surface area contributed by atoms with E-state index >= 15 is 0 Å². The second-order valence-electron chi connectivity index (χ2n) is 6.38. The zero-order valence-corrected chi connectivity index (χ0v) is 15.7. The van der Waals surface area contributed by atoms with Crippen molar-refractivity contribution in [2.75, 3.05) is 0 Å². The Bertz CT molecular complexity index is 1300. The molecule has 0 fully saturated rings. The Balaban J connectivity index is 1.98. The summed E-state index contributed by atoms with van der Waals surface area (Å²) in [6, 6.07) is 14.3. The monoisotopic (exact) mass is 407 g/mol. The van der Waals surface area contributed by atoms with Gasteiger partial charge in [-0.15, -0.1) is 0 Å². The number of hydrogen-bond acceptors (Lipinski definition) is 5. The van der Waals surface area contributed by atoms with Gasteiger partial charge in [0.1, 0.15) is 11.7 Å². The molecule has 0 aliphatic carbocycles. The summed E-state index contributed by atoms with van der Waals surface area (Å²) < 4.78 is 2.94. The first-order valence-electron chi connectivity index (χ1n) is 8.64. The molecule has 1 aromatic carbocycles. The number of carbonyl (C=O) groups is 1. The number of aromatic hydroxyl groups is 1. The highest BCUT2D eigenvalue weighted by molar-refractivity contribution is 6.29. The highest BCUT2D eigenvalue weighted by Crippen LogP contribution is 2.24. The van der Waals surface area contributed by atoms with Crippen molar-refractivity contribution in [1.82, 2.24) is 9.38 Å². The van der Waals surface area contributed by atoms with Crippen LogP contribution in [0.4, 0.5) is 0 Å². The molecular weight excluding hydrogens is 394 g/mol. The van der Waals surface area contributed by atoms with Crippen LogP contribution in [0.5, 0.6) is 5.88 Å². The minimum atomic E-state index is -1.37. The zero-order chi connectivity index (χ0) is 20.5. The van der Waals surface area contributed by atoms with Gasteiger partial charge < -0.3 is 15.0 Å². The number of halogens is 1. The third-order valence-corrected chi connectivity index (χ3v) is 4.77. The van der Waals surface area contributed by atoms with Gasteiger partial charge in [-0.2, -0.15) is 8.97 Å². The summed E-state index contributed by atoms with van der Waals surface area (Å²) in [7, 11) is 0. The molecule has 0 saturated carbocycles. The average Bonchev–Trinajstić information content (AvgIpc) is 2.73. The van der Waals surface area contributed by atoms with Crippen LogP contribution in [0.2, 0.25) is 5.15 Å². The number of aromatic carboxylic acids is 1. The van der Waals surface area contributed by atoms with Crippen molar-refractivity contribution < 1.29 is 19.6 Å². The van der Waals surface area contributed by atoms with Gasteiger partial charge in [0, 0.05) is 17.8 Å². The van der Waals surface area contributed by atoms with Crippen LogP contribution in [-0.4, -0.2) is 20.5 Å². The van der Waals surface area contributed by atoms with Gasteiger partial charge in [-0.05, 0) is 29.3 Å². The van der Waals surface area contributed by atoms with Crippen LogP contribution in [-0.2, 0) is 6.54 Å². The first-order chi connectivity index (χ1) is 14.0. The third kappa shape index (κ3) is 3.43. The lowest BCUT2D eigenvalue weighted by molar-refractivity contribution is -0.671. The van der Waals surface area contributed by atoms with Crippen molar-refractivity contribution in [3.8, 4) is 17.0 Å². The van der Waals surface area contributed by atoms with E-state index in [0.717, 1.165) is 5.56 Å². The van der Waals surface area contributed by atoms with Gasteiger partial charge in [-0.25, -0.2) is 9.78 Å². The second-order valence-corrected chi connectivity index (χ2v) is 6.76. The highest BCUT2D eigenvalue weighted by Gasteiger charge is 2.25. The van der Waals surface area contributed by atoms with Crippen LogP contribution in [0.15, 0.2) is 71.8 Å². The van der Waals surface area contributed by atoms with Gasteiger partial charge in [0.05, 0.1) is 12.2 Å². The highest BCUT2D eigenvalue weighted by atomic mass is 35.5. The fourth-order valence-electron chi connectivity index (χ4n) is 3.18. The van der Waals surface area contributed by atoms with E-state index in [9.17, 15) is 19.8 Å². The van der Waals surface area contributed by atoms with Crippen molar-refractivity contribution in [3.63, 3.8) is 0 Å². The van der Waals surface area contributed by atoms with Crippen LogP contribution in [0.1, 0.15) is 15.9 Å². The number of benzene rings is 1. The minimum absolute atomic E-state index is 0.0151. The normalized spacial score (nSPS) is 10.9. The van der Waals surface area contributed by atoms with E-state index in [1.807, 2.05) is 0 Å². The summed E-state index contributed by atoms with van der Waals surface area (Å²) in [5.74, 6) is -1.65. The summed E-state index contributed by atoms with van der Waals surface area (Å²) in [5.41, 5.74) is 0.916. The molecule has 3 heterocycles. The number of pyridine rings is 2. The fourth-order valence-corrected chi connectivity index (χ4v) is 3.29. The van der Waals surface area contributed by atoms with Crippen LogP contribution in [0.25, 0.3) is 16.8 Å². The van der Waals surface area contributed by atoms with Crippen molar-refractivity contribution in [3.05, 3.63) is 93.6 Å². The van der Waals surface area contributed by atoms with Crippen molar-refractivity contribution in [1.29, 1.82) is 0 Å². The Labute approximate surface area is 169 Å². The summed E-state index contributed by atoms with van der Waals surface area (Å²) in [6.45, 7) is 0.219. The first-order valence-corrected chi connectivity index (χ1v) is 9.02. The van der Waals surface area contributed by atoms with Crippen LogP contribution in [0, 0.1) is 0 Å². The standard InChI is InChI=1S/C21H14ClN3O4/c22-16-8-7-13(11-23-16)12-25-17-6-1-2-9-24(17)19(26)18(20(25)27)14-4-3-5-15(10-14)21(28)29/h1-11H,12H2,(H-,26,27,28,29). The Kier molecular flexibility index (Phi) is 4.74. The lowest BCUT2D eigenvalue weighted by atomic mass is 10.0. The van der Waals surface area contributed by atoms with E-state index in [0.29, 0.717) is 10.8 Å². The molecule has 0 bridgehead atoms. The number of hydrogen-bond donors (Lipinski definition) is 1. The maximum absolute atomic E-state index is 13.1. The Morgan fingerprint density at radius 2 is 2.00 bits per heavy atom. The van der Waals surface area contributed by atoms with E-state index in [2.05, 4.69) is 4.98 Å². The van der Waals surface area contributed by atoms with E-state index in [4.69, 9.17) is 11.6 Å². The molecule has 8 heteroatoms. The molecular formula is C21H14ClN3O4. The number of aromatic nitrogens is 3. The van der Waals surface area contributed by atoms with Gasteiger partial charge in [0.2, 0.25) is 0 Å². The maximum atomic E-state index is 13.1. The molecule has 144 valence electrons. The molecule has 0 saturated heterocycles. The molecule has 0 atom stereocenters. The van der Waals surface area contributed by atoms with Gasteiger partial charge in [-0.3, -0.25) is 0 Å². The molecule has 4 aromatic rings. The Hall–Kier alpha value is -3.71. The van der Waals surface area contributed by atoms with E-state index < -0.39 is 11.5 Å². The smallest absolute Gasteiger partial charge is 0.354 e. The van der Waals surface area contributed by atoms with Crippen LogP contribution >= 0.6 is 11.6 Å². The van der Waals surface area contributed by atoms with E-state index in [1.165, 1.54) is 22.6 Å². The van der Waals surface area contributed by atoms with Crippen LogP contribution in [0.3, 0.4) is 0 Å². The number of carboxylic acid groups (broad SMARTS) is 1. The number of nitrogens with zero attached hydrogens (tertiary/aromatic N) is 3. The number of rotatable bonds is 4. The lowest BCUT2D eigenvalue weighted by Gasteiger charge is -2.11. The largest absolute Gasteiger partial charge is 0.545 e. The number of carboxylic acids is 1. The predicted octanol–water partition coefficient (Wildman–Crippen LogP) is 1.42. The number of fused-ring (bicyclic) bond motifs is 1. The molecule has 4 rings (SSSR count). The minimum Gasteiger partial charge on any atom is -0.545 e. The summed E-state index contributed by atoms with van der Waals surface area (Å²) in [4.78, 5) is 28.3. The lowest BCUT2D eigenvalue weighted by Crippen LogP contribution is -2.41. The van der Waals surface area contributed by atoms with Gasteiger partial charge >= 0.3 is 5.56 Å². The molecule has 0 amide bonds. The topological polar surface area (TPSA) is 98.6 Å². The van der Waals surface area contributed by atoms with E-state index in [1.54, 1.807) is 53.4 Å². The first kappa shape index (κ1) is 18.6. The van der Waals surface area contributed by atoms with Gasteiger partial charge in [-0.1, -0.05) is 41.9 Å². The molecule has 1 N–H and O–H groups in total. The van der Waals surface area contributed by atoms with Gasteiger partial charge in [0.25, 0.3) is 11.5 Å². The van der Waals surface area contributed by atoms with Crippen molar-refractivity contribution in [2.45, 2.75) is 6.54 Å². The molecule has 0 aliphatic rings. The quantitative estimate of drug-likeness (QED) is 0.407. The second kappa shape index (κ2) is 7.37. The Morgan fingerprint density at radius 1 is 1.17 bits per heavy atom. The predicted molar refractivity (Wildman–Crippen MR) is 104 cm³/mol. The SMILES string of the molecule is O=C([O-])c1cccc(-c2c(O)[n+](Cc3ccc(Cl)nc3)c3ccccn3c2=O)c1. The fraction of sp³-hybridized carbons (Fsp3) is 0.0476. The third-order valence-electron chi connectivity index (χ3n) is 4.54. The molecule has 3 aromatic heterocycles. The molecule has 29 heavy (non-hydrogen) atoms. The van der Waals surface area contributed by atoms with Crippen molar-refractivity contribution in [2.24, 2.45) is 0 Å². The summed E-state index contributed by atoms with van der Waals surface area (Å²) >= 11 is 5.84. The van der Waals surface area contributed by atoms with Crippen LogP contribution < -0.4 is 15.2 Å². The van der Waals surface area contributed by atoms with E-state index in [-0.39, 0.29) is 29.1 Å². The summed E-state index contributed by atoms with van der Waals surface area (Å²) in [5, 5.41) is 22.6. The Morgan fingerprint density at radius 3 is 2.72 bits per heavy atom. The maximum Gasteiger partial charge on any atom is 0.354 e. The van der Waals surface area contributed by atoms with Gasteiger partial charge in [0.15, 0.2) is 5.56 Å². The molecule has 7 nitrogen and oxygen atoms in total. The molecule has 0 aliphatic heterocycles. The molecule has 0 spiro atoms. The zero-order valence-electron chi connectivity index (χ0n) is 14.9. The molecule has 0 radical (unpaired) electrons. The van der Waals surface area contributed by atoms with Crippen molar-refractivity contribution >= 4 is 23.2 Å². The number of carbonyl (C=O) groups excluding carboxylic acids is 1. The summed E-state index contributed by atoms with van der Waals surface area (Å²) in [6.07, 6.45) is 3.16. The average molecular weight is 408 g/mol. The molecule has 0 unspecified atom stereocenters.